The Balaban J connectivity index is 2.24. The number of carbonyl (C=O) groups excluding carboxylic acids is 1. The SMILES string of the molecule is CCCC[C@H]1CSC(=Nc2ccc(C(=O)OC)cc2C)N1CC(C)C. The number of hydrogen-bond donors (Lipinski definition) is 0. The topological polar surface area (TPSA) is 41.9 Å². The quantitative estimate of drug-likeness (QED) is 0.638. The first-order valence-electron chi connectivity index (χ1n) is 9.13. The van der Waals surface area contributed by atoms with E-state index >= 15 is 0 Å². The second-order valence-electron chi connectivity index (χ2n) is 7.04. The molecule has 1 aliphatic heterocycles. The first-order valence-corrected chi connectivity index (χ1v) is 10.1. The number of thioether (sulfide) groups is 1. The highest BCUT2D eigenvalue weighted by Gasteiger charge is 2.30. The molecule has 0 saturated carbocycles. The smallest absolute Gasteiger partial charge is 0.337 e. The molecule has 0 spiro atoms. The second-order valence-corrected chi connectivity index (χ2v) is 8.03. The molecule has 1 aromatic carbocycles. The molecule has 2 rings (SSSR count). The van der Waals surface area contributed by atoms with Crippen molar-refractivity contribution in [2.45, 2.75) is 53.0 Å². The summed E-state index contributed by atoms with van der Waals surface area (Å²) >= 11 is 1.85. The highest BCUT2D eigenvalue weighted by Crippen LogP contribution is 2.31. The lowest BCUT2D eigenvalue weighted by atomic mass is 10.1. The van der Waals surface area contributed by atoms with E-state index in [-0.39, 0.29) is 5.97 Å². The average Bonchev–Trinajstić information content (AvgIpc) is 2.95. The van der Waals surface area contributed by atoms with Crippen LogP contribution in [-0.2, 0) is 4.74 Å². The molecule has 1 aliphatic rings. The van der Waals surface area contributed by atoms with E-state index < -0.39 is 0 Å². The first kappa shape index (κ1) is 19.8. The molecule has 0 amide bonds. The van der Waals surface area contributed by atoms with Gasteiger partial charge in [0.15, 0.2) is 5.17 Å². The number of aryl methyl sites for hydroxylation is 1. The van der Waals surface area contributed by atoms with Gasteiger partial charge in [-0.2, -0.15) is 0 Å². The molecule has 4 nitrogen and oxygen atoms in total. The molecule has 0 radical (unpaired) electrons. The van der Waals surface area contributed by atoms with Crippen molar-refractivity contribution in [3.8, 4) is 0 Å². The van der Waals surface area contributed by atoms with Gasteiger partial charge in [-0.05, 0) is 43.0 Å². The predicted molar refractivity (Wildman–Crippen MR) is 107 cm³/mol. The zero-order chi connectivity index (χ0) is 18.4. The number of esters is 1. The maximum atomic E-state index is 11.7. The Hall–Kier alpha value is -1.49. The van der Waals surface area contributed by atoms with Crippen LogP contribution < -0.4 is 0 Å². The van der Waals surface area contributed by atoms with Gasteiger partial charge in [0.1, 0.15) is 0 Å². The molecule has 0 aromatic heterocycles. The Bertz CT molecular complexity index is 628. The fourth-order valence-electron chi connectivity index (χ4n) is 3.02. The Morgan fingerprint density at radius 3 is 2.80 bits per heavy atom. The number of unbranched alkanes of at least 4 members (excludes halogenated alkanes) is 1. The molecule has 138 valence electrons. The van der Waals surface area contributed by atoms with Gasteiger partial charge in [-0.3, -0.25) is 0 Å². The highest BCUT2D eigenvalue weighted by molar-refractivity contribution is 8.14. The van der Waals surface area contributed by atoms with E-state index in [1.165, 1.54) is 26.4 Å². The van der Waals surface area contributed by atoms with Crippen LogP contribution in [-0.4, -0.2) is 41.5 Å². The van der Waals surface area contributed by atoms with E-state index in [4.69, 9.17) is 9.73 Å². The number of aliphatic imine (C=N–C) groups is 1. The van der Waals surface area contributed by atoms with E-state index in [0.29, 0.717) is 17.5 Å². The summed E-state index contributed by atoms with van der Waals surface area (Å²) in [6.07, 6.45) is 3.73. The summed E-state index contributed by atoms with van der Waals surface area (Å²) < 4.78 is 4.79. The number of hydrogen-bond acceptors (Lipinski definition) is 4. The fourth-order valence-corrected chi connectivity index (χ4v) is 4.26. The van der Waals surface area contributed by atoms with E-state index in [0.717, 1.165) is 28.7 Å². The van der Waals surface area contributed by atoms with Crippen molar-refractivity contribution >= 4 is 28.6 Å². The molecule has 1 atom stereocenters. The summed E-state index contributed by atoms with van der Waals surface area (Å²) in [5.74, 6) is 1.42. The van der Waals surface area contributed by atoms with Gasteiger partial charge in [-0.15, -0.1) is 0 Å². The minimum absolute atomic E-state index is 0.307. The van der Waals surface area contributed by atoms with E-state index in [1.54, 1.807) is 6.07 Å². The van der Waals surface area contributed by atoms with Gasteiger partial charge in [0.25, 0.3) is 0 Å². The lowest BCUT2D eigenvalue weighted by Crippen LogP contribution is -2.36. The third-order valence-electron chi connectivity index (χ3n) is 4.38. The predicted octanol–water partition coefficient (Wildman–Crippen LogP) is 5.03. The monoisotopic (exact) mass is 362 g/mol. The molecule has 1 aromatic rings. The number of benzene rings is 1. The van der Waals surface area contributed by atoms with Crippen molar-refractivity contribution in [3.63, 3.8) is 0 Å². The van der Waals surface area contributed by atoms with Gasteiger partial charge in [-0.25, -0.2) is 9.79 Å². The zero-order valence-corrected chi connectivity index (χ0v) is 16.9. The summed E-state index contributed by atoms with van der Waals surface area (Å²) in [7, 11) is 1.40. The number of amidine groups is 1. The van der Waals surface area contributed by atoms with Gasteiger partial charge < -0.3 is 9.64 Å². The van der Waals surface area contributed by atoms with Crippen LogP contribution in [0, 0.1) is 12.8 Å². The minimum Gasteiger partial charge on any atom is -0.465 e. The lowest BCUT2D eigenvalue weighted by molar-refractivity contribution is 0.0600. The van der Waals surface area contributed by atoms with Crippen LogP contribution in [0.4, 0.5) is 5.69 Å². The molecular weight excluding hydrogens is 332 g/mol. The normalized spacial score (nSPS) is 19.0. The fraction of sp³-hybridized carbons (Fsp3) is 0.600. The van der Waals surface area contributed by atoms with E-state index in [2.05, 4.69) is 25.7 Å². The van der Waals surface area contributed by atoms with Crippen molar-refractivity contribution in [2.24, 2.45) is 10.9 Å². The van der Waals surface area contributed by atoms with Gasteiger partial charge in [0.05, 0.1) is 18.4 Å². The summed E-state index contributed by atoms with van der Waals surface area (Å²) in [6.45, 7) is 9.80. The van der Waals surface area contributed by atoms with Crippen LogP contribution in [0.2, 0.25) is 0 Å². The number of rotatable bonds is 7. The Labute approximate surface area is 156 Å². The molecular formula is C20H30N2O2S. The summed E-state index contributed by atoms with van der Waals surface area (Å²) in [6, 6.07) is 6.15. The third kappa shape index (κ3) is 5.24. The van der Waals surface area contributed by atoms with Crippen LogP contribution >= 0.6 is 11.8 Å². The number of nitrogens with zero attached hydrogens (tertiary/aromatic N) is 2. The van der Waals surface area contributed by atoms with Crippen molar-refractivity contribution in [1.82, 2.24) is 4.90 Å². The summed E-state index contributed by atoms with van der Waals surface area (Å²) in [5, 5.41) is 1.11. The lowest BCUT2D eigenvalue weighted by Gasteiger charge is -2.27. The Morgan fingerprint density at radius 2 is 2.20 bits per heavy atom. The number of ether oxygens (including phenoxy) is 1. The van der Waals surface area contributed by atoms with Crippen molar-refractivity contribution in [2.75, 3.05) is 19.4 Å². The van der Waals surface area contributed by atoms with Gasteiger partial charge in [0.2, 0.25) is 0 Å². The standard InChI is InChI=1S/C20H30N2O2S/c1-6-7-8-17-13-25-20(22(17)12-14(2)3)21-18-10-9-16(11-15(18)4)19(23)24-5/h9-11,14,17H,6-8,12-13H2,1-5H3/t17-/m0/s1. The molecule has 0 aliphatic carbocycles. The summed E-state index contributed by atoms with van der Waals surface area (Å²) in [4.78, 5) is 19.1. The molecule has 0 unspecified atom stereocenters. The van der Waals surface area contributed by atoms with Crippen LogP contribution in [0.1, 0.15) is 56.0 Å². The van der Waals surface area contributed by atoms with Crippen LogP contribution in [0.5, 0.6) is 0 Å². The maximum absolute atomic E-state index is 11.7. The average molecular weight is 363 g/mol. The minimum atomic E-state index is -0.307. The molecule has 0 N–H and O–H groups in total. The van der Waals surface area contributed by atoms with Crippen LogP contribution in [0.15, 0.2) is 23.2 Å². The van der Waals surface area contributed by atoms with E-state index in [9.17, 15) is 4.79 Å². The van der Waals surface area contributed by atoms with Crippen molar-refractivity contribution < 1.29 is 9.53 Å². The number of methoxy groups -OCH3 is 1. The van der Waals surface area contributed by atoms with Gasteiger partial charge in [-0.1, -0.05) is 45.4 Å². The Kier molecular flexibility index (Phi) is 7.36. The largest absolute Gasteiger partial charge is 0.465 e. The Morgan fingerprint density at radius 1 is 1.44 bits per heavy atom. The van der Waals surface area contributed by atoms with Crippen LogP contribution in [0.3, 0.4) is 0 Å². The highest BCUT2D eigenvalue weighted by atomic mass is 32.2. The third-order valence-corrected chi connectivity index (χ3v) is 5.51. The molecule has 1 fully saturated rings. The zero-order valence-electron chi connectivity index (χ0n) is 16.0. The van der Waals surface area contributed by atoms with Crippen LogP contribution in [0.25, 0.3) is 0 Å². The molecule has 5 heteroatoms. The molecule has 0 bridgehead atoms. The van der Waals surface area contributed by atoms with Crippen molar-refractivity contribution in [3.05, 3.63) is 29.3 Å². The molecule has 1 heterocycles. The molecule has 1 saturated heterocycles. The van der Waals surface area contributed by atoms with Crippen molar-refractivity contribution in [1.29, 1.82) is 0 Å². The van der Waals surface area contributed by atoms with Gasteiger partial charge >= 0.3 is 5.97 Å². The summed E-state index contributed by atoms with van der Waals surface area (Å²) in [5.41, 5.74) is 2.50. The van der Waals surface area contributed by atoms with E-state index in [1.807, 2.05) is 30.8 Å². The van der Waals surface area contributed by atoms with Gasteiger partial charge in [0, 0.05) is 18.3 Å². The number of carbonyl (C=O) groups is 1. The second kappa shape index (κ2) is 9.27. The maximum Gasteiger partial charge on any atom is 0.337 e. The first-order chi connectivity index (χ1) is 12.0. The molecule has 25 heavy (non-hydrogen) atoms.